The van der Waals surface area contributed by atoms with Crippen molar-refractivity contribution < 1.29 is 17.5 Å². The van der Waals surface area contributed by atoms with Gasteiger partial charge in [-0.3, -0.25) is 19.4 Å². The molecule has 1 aliphatic heterocycles. The SMILES string of the molecule is CSc1ccc(CN2CCN(C(=N)N)CC2)cc1.O=S(=O)(O)O. The van der Waals surface area contributed by atoms with E-state index in [-0.39, 0.29) is 5.96 Å². The Morgan fingerprint density at radius 3 is 2.09 bits per heavy atom. The van der Waals surface area contributed by atoms with Gasteiger partial charge < -0.3 is 10.6 Å². The van der Waals surface area contributed by atoms with Crippen molar-refractivity contribution in [3.8, 4) is 0 Å². The van der Waals surface area contributed by atoms with Crippen LogP contribution in [0.3, 0.4) is 0 Å². The number of nitrogens with zero attached hydrogens (tertiary/aromatic N) is 2. The van der Waals surface area contributed by atoms with Gasteiger partial charge in [-0.05, 0) is 24.0 Å². The highest BCUT2D eigenvalue weighted by molar-refractivity contribution is 7.98. The van der Waals surface area contributed by atoms with Gasteiger partial charge >= 0.3 is 10.4 Å². The smallest absolute Gasteiger partial charge is 0.370 e. The Bertz CT molecular complexity index is 591. The Hall–Kier alpha value is -1.33. The number of hydrogen-bond acceptors (Lipinski definition) is 5. The van der Waals surface area contributed by atoms with Gasteiger partial charge in [-0.15, -0.1) is 11.8 Å². The van der Waals surface area contributed by atoms with Crippen LogP contribution >= 0.6 is 11.8 Å². The second kappa shape index (κ2) is 9.08. The summed E-state index contributed by atoms with van der Waals surface area (Å²) in [5, 5.41) is 7.40. The van der Waals surface area contributed by atoms with Gasteiger partial charge in [0.15, 0.2) is 5.96 Å². The number of hydrogen-bond donors (Lipinski definition) is 4. The van der Waals surface area contributed by atoms with Gasteiger partial charge in [0.25, 0.3) is 0 Å². The Morgan fingerprint density at radius 1 is 1.22 bits per heavy atom. The van der Waals surface area contributed by atoms with Crippen LogP contribution in [0.15, 0.2) is 29.2 Å². The fourth-order valence-electron chi connectivity index (χ4n) is 2.14. The minimum Gasteiger partial charge on any atom is -0.370 e. The van der Waals surface area contributed by atoms with E-state index in [1.165, 1.54) is 10.5 Å². The van der Waals surface area contributed by atoms with E-state index in [0.717, 1.165) is 32.7 Å². The molecule has 130 valence electrons. The summed E-state index contributed by atoms with van der Waals surface area (Å²) in [7, 11) is -4.67. The molecule has 0 aliphatic carbocycles. The van der Waals surface area contributed by atoms with Crippen molar-refractivity contribution in [3.05, 3.63) is 29.8 Å². The average molecular weight is 362 g/mol. The number of nitrogens with two attached hydrogens (primary N) is 1. The molecule has 2 rings (SSSR count). The zero-order valence-electron chi connectivity index (χ0n) is 12.8. The van der Waals surface area contributed by atoms with E-state index in [0.29, 0.717) is 0 Å². The van der Waals surface area contributed by atoms with Gasteiger partial charge in [-0.2, -0.15) is 8.42 Å². The number of rotatable bonds is 3. The first-order valence-corrected chi connectivity index (χ1v) is 9.45. The summed E-state index contributed by atoms with van der Waals surface area (Å²) in [5.41, 5.74) is 6.84. The molecule has 1 heterocycles. The maximum absolute atomic E-state index is 8.74. The van der Waals surface area contributed by atoms with E-state index in [1.807, 2.05) is 4.90 Å². The fraction of sp³-hybridized carbons (Fsp3) is 0.462. The van der Waals surface area contributed by atoms with Gasteiger partial charge in [0.1, 0.15) is 0 Å². The average Bonchev–Trinajstić information content (AvgIpc) is 2.47. The number of guanidine groups is 1. The van der Waals surface area contributed by atoms with Crippen LogP contribution in [0.4, 0.5) is 0 Å². The van der Waals surface area contributed by atoms with Crippen molar-refractivity contribution >= 4 is 28.1 Å². The molecule has 1 fully saturated rings. The summed E-state index contributed by atoms with van der Waals surface area (Å²) < 4.78 is 31.6. The second-order valence-corrected chi connectivity index (χ2v) is 6.72. The van der Waals surface area contributed by atoms with Crippen LogP contribution in [0, 0.1) is 5.41 Å². The molecule has 0 saturated carbocycles. The van der Waals surface area contributed by atoms with E-state index in [4.69, 9.17) is 28.7 Å². The summed E-state index contributed by atoms with van der Waals surface area (Å²) in [6.45, 7) is 4.66. The van der Waals surface area contributed by atoms with Crippen LogP contribution in [0.2, 0.25) is 0 Å². The zero-order chi connectivity index (χ0) is 17.5. The molecule has 1 saturated heterocycles. The van der Waals surface area contributed by atoms with Crippen LogP contribution in [-0.2, 0) is 16.9 Å². The third-order valence-electron chi connectivity index (χ3n) is 3.28. The molecule has 23 heavy (non-hydrogen) atoms. The fourth-order valence-corrected chi connectivity index (χ4v) is 2.54. The maximum Gasteiger partial charge on any atom is 0.394 e. The largest absolute Gasteiger partial charge is 0.394 e. The number of nitrogens with one attached hydrogen (secondary N) is 1. The lowest BCUT2D eigenvalue weighted by Crippen LogP contribution is -2.50. The molecule has 0 unspecified atom stereocenters. The first kappa shape index (κ1) is 19.7. The zero-order valence-corrected chi connectivity index (χ0v) is 14.5. The Kier molecular flexibility index (Phi) is 7.79. The molecule has 1 aliphatic rings. The molecule has 0 aromatic heterocycles. The molecule has 1 aromatic rings. The molecule has 0 atom stereocenters. The van der Waals surface area contributed by atoms with Gasteiger partial charge in [-0.25, -0.2) is 0 Å². The van der Waals surface area contributed by atoms with Crippen molar-refractivity contribution in [3.63, 3.8) is 0 Å². The number of benzene rings is 1. The lowest BCUT2D eigenvalue weighted by atomic mass is 10.2. The molecule has 0 amide bonds. The van der Waals surface area contributed by atoms with Crippen LogP contribution < -0.4 is 5.73 Å². The van der Waals surface area contributed by atoms with Crippen molar-refractivity contribution in [2.75, 3.05) is 32.4 Å². The second-order valence-electron chi connectivity index (χ2n) is 4.94. The summed E-state index contributed by atoms with van der Waals surface area (Å²) in [6, 6.07) is 8.74. The molecule has 0 bridgehead atoms. The molecule has 0 radical (unpaired) electrons. The monoisotopic (exact) mass is 362 g/mol. The number of thioether (sulfide) groups is 1. The van der Waals surface area contributed by atoms with Gasteiger partial charge in [0.2, 0.25) is 0 Å². The quantitative estimate of drug-likeness (QED) is 0.268. The summed E-state index contributed by atoms with van der Waals surface area (Å²) in [6.07, 6.45) is 2.09. The lowest BCUT2D eigenvalue weighted by molar-refractivity contribution is 0.174. The highest BCUT2D eigenvalue weighted by Crippen LogP contribution is 2.16. The molecule has 5 N–H and O–H groups in total. The van der Waals surface area contributed by atoms with Crippen LogP contribution in [0.5, 0.6) is 0 Å². The highest BCUT2D eigenvalue weighted by Gasteiger charge is 2.17. The highest BCUT2D eigenvalue weighted by atomic mass is 32.3. The van der Waals surface area contributed by atoms with E-state index < -0.39 is 10.4 Å². The molecule has 10 heteroatoms. The third kappa shape index (κ3) is 8.77. The molecular weight excluding hydrogens is 340 g/mol. The van der Waals surface area contributed by atoms with Crippen LogP contribution in [0.25, 0.3) is 0 Å². The molecule has 0 spiro atoms. The predicted octanol–water partition coefficient (Wildman–Crippen LogP) is 0.767. The van der Waals surface area contributed by atoms with Crippen molar-refractivity contribution in [1.29, 1.82) is 5.41 Å². The van der Waals surface area contributed by atoms with Crippen molar-refractivity contribution in [2.24, 2.45) is 5.73 Å². The van der Waals surface area contributed by atoms with E-state index in [9.17, 15) is 0 Å². The minimum absolute atomic E-state index is 0.193. The topological polar surface area (TPSA) is 131 Å². The van der Waals surface area contributed by atoms with E-state index in [1.54, 1.807) is 11.8 Å². The first-order valence-electron chi connectivity index (χ1n) is 6.83. The Balaban J connectivity index is 0.000000463. The normalized spacial score (nSPS) is 15.7. The third-order valence-corrected chi connectivity index (χ3v) is 4.02. The standard InChI is InChI=1S/C13H20N4S.H2O4S/c1-18-12-4-2-11(3-5-12)10-16-6-8-17(9-7-16)13(14)15;1-5(2,3)4/h2-5H,6-10H2,1H3,(H3,14,15);(H2,1,2,3,4). The van der Waals surface area contributed by atoms with Crippen molar-refractivity contribution in [2.45, 2.75) is 11.4 Å². The maximum atomic E-state index is 8.74. The summed E-state index contributed by atoms with van der Waals surface area (Å²) in [4.78, 5) is 5.64. The van der Waals surface area contributed by atoms with E-state index in [2.05, 4.69) is 35.4 Å². The van der Waals surface area contributed by atoms with Gasteiger partial charge in [-0.1, -0.05) is 12.1 Å². The number of piperazine rings is 1. The first-order chi connectivity index (χ1) is 10.7. The summed E-state index contributed by atoms with van der Waals surface area (Å²) >= 11 is 1.77. The predicted molar refractivity (Wildman–Crippen MR) is 91.2 cm³/mol. The Morgan fingerprint density at radius 2 is 1.70 bits per heavy atom. The van der Waals surface area contributed by atoms with Gasteiger partial charge in [0, 0.05) is 37.6 Å². The van der Waals surface area contributed by atoms with Crippen LogP contribution in [-0.4, -0.2) is 65.7 Å². The lowest BCUT2D eigenvalue weighted by Gasteiger charge is -2.34. The van der Waals surface area contributed by atoms with Crippen LogP contribution in [0.1, 0.15) is 5.56 Å². The minimum atomic E-state index is -4.67. The van der Waals surface area contributed by atoms with Gasteiger partial charge in [0.05, 0.1) is 0 Å². The molecule has 8 nitrogen and oxygen atoms in total. The van der Waals surface area contributed by atoms with E-state index >= 15 is 0 Å². The molecule has 1 aromatic carbocycles. The Labute approximate surface area is 140 Å². The van der Waals surface area contributed by atoms with Crippen molar-refractivity contribution in [1.82, 2.24) is 9.80 Å². The summed E-state index contributed by atoms with van der Waals surface area (Å²) in [5.74, 6) is 0.193. The molecular formula is C13H22N4O4S2.